The van der Waals surface area contributed by atoms with Crippen LogP contribution in [-0.2, 0) is 14.3 Å². The van der Waals surface area contributed by atoms with Crippen molar-refractivity contribution in [3.63, 3.8) is 0 Å². The summed E-state index contributed by atoms with van der Waals surface area (Å²) in [4.78, 5) is 24.7. The first kappa shape index (κ1) is 76.6. The number of ether oxygens (including phenoxy) is 1. The zero-order valence-corrected chi connectivity index (χ0v) is 53.2. The lowest BCUT2D eigenvalue weighted by atomic mass is 10.0. The van der Waals surface area contributed by atoms with Crippen molar-refractivity contribution in [2.45, 2.75) is 424 Å². The quantitative estimate of drug-likeness (QED) is 0.0320. The van der Waals surface area contributed by atoms with E-state index in [-0.39, 0.29) is 18.5 Å². The number of hydrogen-bond donors (Lipinski definition) is 3. The van der Waals surface area contributed by atoms with Crippen molar-refractivity contribution in [3.8, 4) is 0 Å². The highest BCUT2D eigenvalue weighted by Gasteiger charge is 2.20. The average molecular weight is 1100 g/mol. The third-order valence-corrected chi connectivity index (χ3v) is 17.1. The number of esters is 1. The van der Waals surface area contributed by atoms with E-state index < -0.39 is 12.1 Å². The summed E-state index contributed by atoms with van der Waals surface area (Å²) in [6.07, 6.45) is 84.0. The smallest absolute Gasteiger partial charge is 0.305 e. The van der Waals surface area contributed by atoms with Gasteiger partial charge in [-0.2, -0.15) is 0 Å². The minimum absolute atomic E-state index is 0.0153. The van der Waals surface area contributed by atoms with Crippen LogP contribution in [0.4, 0.5) is 0 Å². The largest absolute Gasteiger partial charge is 0.466 e. The minimum Gasteiger partial charge on any atom is -0.466 e. The highest BCUT2D eigenvalue weighted by molar-refractivity contribution is 5.76. The first-order valence-electron chi connectivity index (χ1n) is 35.9. The molecule has 3 N–H and O–H groups in total. The molecule has 0 aromatic carbocycles. The lowest BCUT2D eigenvalue weighted by Gasteiger charge is -2.22. The van der Waals surface area contributed by atoms with Crippen LogP contribution in [0.3, 0.4) is 0 Å². The van der Waals surface area contributed by atoms with E-state index in [1.165, 1.54) is 340 Å². The number of amides is 1. The first-order valence-corrected chi connectivity index (χ1v) is 35.9. The Labute approximate surface area is 489 Å². The zero-order chi connectivity index (χ0) is 56.4. The lowest BCUT2D eigenvalue weighted by Crippen LogP contribution is -2.45. The van der Waals surface area contributed by atoms with Gasteiger partial charge in [0, 0.05) is 12.8 Å². The Kier molecular flexibility index (Phi) is 66.9. The van der Waals surface area contributed by atoms with Crippen LogP contribution in [0.15, 0.2) is 12.2 Å². The van der Waals surface area contributed by atoms with Crippen molar-refractivity contribution in [1.82, 2.24) is 5.32 Å². The number of aliphatic hydroxyl groups is 2. The summed E-state index contributed by atoms with van der Waals surface area (Å²) in [7, 11) is 0. The molecular formula is C72H141NO5. The Morgan fingerprint density at radius 1 is 0.346 bits per heavy atom. The Bertz CT molecular complexity index is 1180. The maximum absolute atomic E-state index is 12.5. The molecule has 0 aromatic heterocycles. The van der Waals surface area contributed by atoms with Gasteiger partial charge in [0.2, 0.25) is 5.91 Å². The van der Waals surface area contributed by atoms with E-state index in [4.69, 9.17) is 4.74 Å². The van der Waals surface area contributed by atoms with Crippen LogP contribution in [0.1, 0.15) is 412 Å². The third-order valence-electron chi connectivity index (χ3n) is 17.1. The Morgan fingerprint density at radius 2 is 0.603 bits per heavy atom. The van der Waals surface area contributed by atoms with E-state index in [0.29, 0.717) is 25.9 Å². The molecule has 464 valence electrons. The van der Waals surface area contributed by atoms with Crippen LogP contribution in [0.25, 0.3) is 0 Å². The van der Waals surface area contributed by atoms with E-state index in [2.05, 4.69) is 31.3 Å². The van der Waals surface area contributed by atoms with Gasteiger partial charge in [-0.1, -0.05) is 360 Å². The zero-order valence-electron chi connectivity index (χ0n) is 53.2. The van der Waals surface area contributed by atoms with Crippen LogP contribution in [0.2, 0.25) is 0 Å². The van der Waals surface area contributed by atoms with Crippen molar-refractivity contribution in [2.75, 3.05) is 13.2 Å². The van der Waals surface area contributed by atoms with Gasteiger partial charge in [0.15, 0.2) is 0 Å². The molecule has 0 aliphatic rings. The summed E-state index contributed by atoms with van der Waals surface area (Å²) in [5, 5.41) is 23.4. The van der Waals surface area contributed by atoms with E-state index in [1.54, 1.807) is 0 Å². The average Bonchev–Trinajstić information content (AvgIpc) is 3.44. The second kappa shape index (κ2) is 68.1. The Balaban J connectivity index is 3.35. The molecular weight excluding hydrogens is 959 g/mol. The van der Waals surface area contributed by atoms with Gasteiger partial charge >= 0.3 is 5.97 Å². The number of hydrogen-bond acceptors (Lipinski definition) is 5. The molecule has 0 spiro atoms. The van der Waals surface area contributed by atoms with Crippen LogP contribution in [-0.4, -0.2) is 47.4 Å². The van der Waals surface area contributed by atoms with E-state index in [1.807, 2.05) is 0 Å². The fraction of sp³-hybridized carbons (Fsp3) is 0.944. The van der Waals surface area contributed by atoms with Crippen LogP contribution >= 0.6 is 0 Å². The Morgan fingerprint density at radius 3 is 0.910 bits per heavy atom. The molecule has 2 atom stereocenters. The summed E-state index contributed by atoms with van der Waals surface area (Å²) < 4.78 is 5.51. The molecule has 78 heavy (non-hydrogen) atoms. The van der Waals surface area contributed by atoms with Gasteiger partial charge in [-0.25, -0.2) is 0 Å². The molecule has 0 aliphatic carbocycles. The number of carbonyl (C=O) groups excluding carboxylic acids is 2. The number of allylic oxidation sites excluding steroid dienone is 2. The standard InChI is InChI=1S/C72H141NO5/c1-3-5-7-9-11-13-15-17-19-21-28-32-36-40-44-48-52-56-60-64-70(75)69(68-74)73-71(76)65-61-57-53-49-45-41-37-33-30-26-24-23-25-27-31-35-39-43-47-51-55-59-63-67-78-72(77)66-62-58-54-50-46-42-38-34-29-22-20-18-16-14-12-10-8-6-4-2/h18,20,69-70,74-75H,3-17,19,21-68H2,1-2H3,(H,73,76)/b20-18-. The molecule has 0 saturated carbocycles. The Hall–Kier alpha value is -1.40. The maximum Gasteiger partial charge on any atom is 0.305 e. The number of carbonyl (C=O) groups is 2. The summed E-state index contributed by atoms with van der Waals surface area (Å²) in [6.45, 7) is 4.99. The molecule has 2 unspecified atom stereocenters. The normalized spacial score (nSPS) is 12.5. The molecule has 1 amide bonds. The summed E-state index contributed by atoms with van der Waals surface area (Å²) in [5.41, 5.74) is 0. The highest BCUT2D eigenvalue weighted by atomic mass is 16.5. The second-order valence-corrected chi connectivity index (χ2v) is 24.9. The molecule has 0 aliphatic heterocycles. The van der Waals surface area contributed by atoms with Crippen molar-refractivity contribution >= 4 is 11.9 Å². The summed E-state index contributed by atoms with van der Waals surface area (Å²) in [6, 6.07) is -0.541. The predicted octanol–water partition coefficient (Wildman–Crippen LogP) is 23.1. The molecule has 6 heteroatoms. The highest BCUT2D eigenvalue weighted by Crippen LogP contribution is 2.19. The fourth-order valence-electron chi connectivity index (χ4n) is 11.6. The molecule has 0 rings (SSSR count). The summed E-state index contributed by atoms with van der Waals surface area (Å²) in [5.74, 6) is -0.0145. The molecule has 0 aromatic rings. The molecule has 6 nitrogen and oxygen atoms in total. The number of nitrogens with one attached hydrogen (secondary N) is 1. The minimum atomic E-state index is -0.664. The van der Waals surface area contributed by atoms with Gasteiger partial charge < -0.3 is 20.3 Å². The van der Waals surface area contributed by atoms with Gasteiger partial charge in [-0.15, -0.1) is 0 Å². The van der Waals surface area contributed by atoms with Crippen molar-refractivity contribution in [2.24, 2.45) is 0 Å². The van der Waals surface area contributed by atoms with Crippen LogP contribution in [0, 0.1) is 0 Å². The second-order valence-electron chi connectivity index (χ2n) is 24.9. The lowest BCUT2D eigenvalue weighted by molar-refractivity contribution is -0.143. The van der Waals surface area contributed by atoms with E-state index >= 15 is 0 Å². The molecule has 0 bridgehead atoms. The van der Waals surface area contributed by atoms with Gasteiger partial charge in [0.05, 0.1) is 25.4 Å². The van der Waals surface area contributed by atoms with Gasteiger partial charge in [-0.05, 0) is 51.4 Å². The molecule has 0 saturated heterocycles. The molecule has 0 heterocycles. The maximum atomic E-state index is 12.5. The van der Waals surface area contributed by atoms with Gasteiger partial charge in [0.25, 0.3) is 0 Å². The van der Waals surface area contributed by atoms with Crippen molar-refractivity contribution < 1.29 is 24.5 Å². The SMILES string of the molecule is CCCCCCCC/C=C\CCCCCCCCCCCC(=O)OCCCCCCCCCCCCCCCCCCCCCCCCCC(=O)NC(CO)C(O)CCCCCCCCCCCCCCCCCCCCC. The van der Waals surface area contributed by atoms with Crippen molar-refractivity contribution in [1.29, 1.82) is 0 Å². The summed E-state index contributed by atoms with van der Waals surface area (Å²) >= 11 is 0. The molecule has 0 fully saturated rings. The number of rotatable bonds is 68. The van der Waals surface area contributed by atoms with Gasteiger partial charge in [-0.3, -0.25) is 9.59 Å². The van der Waals surface area contributed by atoms with Crippen LogP contribution < -0.4 is 5.32 Å². The predicted molar refractivity (Wildman–Crippen MR) is 343 cm³/mol. The van der Waals surface area contributed by atoms with Gasteiger partial charge in [0.1, 0.15) is 0 Å². The fourth-order valence-corrected chi connectivity index (χ4v) is 11.6. The monoisotopic (exact) mass is 1100 g/mol. The van der Waals surface area contributed by atoms with E-state index in [9.17, 15) is 19.8 Å². The van der Waals surface area contributed by atoms with Crippen molar-refractivity contribution in [3.05, 3.63) is 12.2 Å². The van der Waals surface area contributed by atoms with Crippen LogP contribution in [0.5, 0.6) is 0 Å². The molecule has 0 radical (unpaired) electrons. The third kappa shape index (κ3) is 63.8. The first-order chi connectivity index (χ1) is 38.5. The topological polar surface area (TPSA) is 95.9 Å². The van der Waals surface area contributed by atoms with E-state index in [0.717, 1.165) is 38.5 Å². The number of unbranched alkanes of at least 4 members (excludes halogenated alkanes) is 55. The number of aliphatic hydroxyl groups excluding tert-OH is 2.